The maximum atomic E-state index is 10.6. The third kappa shape index (κ3) is 4.46. The van der Waals surface area contributed by atoms with Gasteiger partial charge in [0.1, 0.15) is 5.82 Å². The minimum absolute atomic E-state index is 0.0427. The molecule has 2 rings (SSSR count). The molecule has 0 aliphatic carbocycles. The zero-order chi connectivity index (χ0) is 13.5. The van der Waals surface area contributed by atoms with Gasteiger partial charge in [-0.25, -0.2) is 14.8 Å². The summed E-state index contributed by atoms with van der Waals surface area (Å²) < 4.78 is 5.28. The van der Waals surface area contributed by atoms with Crippen LogP contribution in [0, 0.1) is 0 Å². The van der Waals surface area contributed by atoms with Crippen LogP contribution in [-0.2, 0) is 4.74 Å². The molecule has 7 nitrogen and oxygen atoms in total. The van der Waals surface area contributed by atoms with Crippen LogP contribution in [0.15, 0.2) is 12.4 Å². The number of carboxylic acids is 1. The Labute approximate surface area is 111 Å². The molecule has 19 heavy (non-hydrogen) atoms. The Balaban J connectivity index is 1.66. The molecule has 2 heterocycles. The number of aromatic nitrogens is 2. The molecule has 1 aromatic rings. The maximum Gasteiger partial charge on any atom is 0.356 e. The molecule has 1 aromatic heterocycles. The molecule has 0 saturated carbocycles. The van der Waals surface area contributed by atoms with Crippen molar-refractivity contribution in [1.82, 2.24) is 14.9 Å². The Hall–Kier alpha value is -1.73. The Morgan fingerprint density at radius 1 is 1.37 bits per heavy atom. The SMILES string of the molecule is O=C(O)c1cnc(NCCCN2CCOCC2)cn1. The molecule has 0 bridgehead atoms. The first-order chi connectivity index (χ1) is 9.25. The molecular weight excluding hydrogens is 248 g/mol. The number of carbonyl (C=O) groups is 1. The van der Waals surface area contributed by atoms with E-state index in [1.807, 2.05) is 0 Å². The van der Waals surface area contributed by atoms with Crippen molar-refractivity contribution in [2.45, 2.75) is 6.42 Å². The van der Waals surface area contributed by atoms with E-state index in [0.29, 0.717) is 5.82 Å². The third-order valence-corrected chi connectivity index (χ3v) is 2.93. The Morgan fingerprint density at radius 2 is 2.16 bits per heavy atom. The van der Waals surface area contributed by atoms with Crippen molar-refractivity contribution in [2.24, 2.45) is 0 Å². The summed E-state index contributed by atoms with van der Waals surface area (Å²) in [4.78, 5) is 20.8. The molecule has 1 aliphatic heterocycles. The highest BCUT2D eigenvalue weighted by Gasteiger charge is 2.09. The largest absolute Gasteiger partial charge is 0.476 e. The fourth-order valence-electron chi connectivity index (χ4n) is 1.87. The number of nitrogens with one attached hydrogen (secondary N) is 1. The van der Waals surface area contributed by atoms with Crippen LogP contribution in [0.4, 0.5) is 5.82 Å². The van der Waals surface area contributed by atoms with Gasteiger partial charge in [0.15, 0.2) is 5.69 Å². The molecule has 7 heteroatoms. The van der Waals surface area contributed by atoms with E-state index >= 15 is 0 Å². The average Bonchev–Trinajstić information content (AvgIpc) is 2.45. The Morgan fingerprint density at radius 3 is 2.79 bits per heavy atom. The highest BCUT2D eigenvalue weighted by molar-refractivity contribution is 5.84. The first kappa shape index (κ1) is 13.7. The van der Waals surface area contributed by atoms with Gasteiger partial charge >= 0.3 is 5.97 Å². The van der Waals surface area contributed by atoms with E-state index in [4.69, 9.17) is 9.84 Å². The molecule has 0 amide bonds. The van der Waals surface area contributed by atoms with Crippen molar-refractivity contribution >= 4 is 11.8 Å². The molecule has 104 valence electrons. The fourth-order valence-corrected chi connectivity index (χ4v) is 1.87. The van der Waals surface area contributed by atoms with Gasteiger partial charge in [-0.1, -0.05) is 0 Å². The van der Waals surface area contributed by atoms with E-state index in [1.54, 1.807) is 0 Å². The zero-order valence-corrected chi connectivity index (χ0v) is 10.7. The van der Waals surface area contributed by atoms with Crippen LogP contribution in [0.5, 0.6) is 0 Å². The third-order valence-electron chi connectivity index (χ3n) is 2.93. The normalized spacial score (nSPS) is 16.2. The average molecular weight is 266 g/mol. The number of aromatic carboxylic acids is 1. The van der Waals surface area contributed by atoms with Crippen LogP contribution in [-0.4, -0.2) is 65.3 Å². The minimum atomic E-state index is -1.06. The highest BCUT2D eigenvalue weighted by Crippen LogP contribution is 2.02. The molecule has 0 spiro atoms. The molecule has 1 saturated heterocycles. The number of rotatable bonds is 6. The van der Waals surface area contributed by atoms with Crippen molar-refractivity contribution in [3.63, 3.8) is 0 Å². The van der Waals surface area contributed by atoms with Crippen molar-refractivity contribution in [1.29, 1.82) is 0 Å². The van der Waals surface area contributed by atoms with Gasteiger partial charge in [-0.05, 0) is 13.0 Å². The van der Waals surface area contributed by atoms with Crippen LogP contribution in [0.3, 0.4) is 0 Å². The van der Waals surface area contributed by atoms with Crippen LogP contribution < -0.4 is 5.32 Å². The summed E-state index contributed by atoms with van der Waals surface area (Å²) in [7, 11) is 0. The van der Waals surface area contributed by atoms with E-state index in [0.717, 1.165) is 45.8 Å². The minimum Gasteiger partial charge on any atom is -0.476 e. The lowest BCUT2D eigenvalue weighted by molar-refractivity contribution is 0.0378. The van der Waals surface area contributed by atoms with Gasteiger partial charge in [0.2, 0.25) is 0 Å². The predicted octanol–water partition coefficient (Wildman–Crippen LogP) is 0.309. The van der Waals surface area contributed by atoms with E-state index in [1.165, 1.54) is 12.4 Å². The smallest absolute Gasteiger partial charge is 0.356 e. The number of ether oxygens (including phenoxy) is 1. The highest BCUT2D eigenvalue weighted by atomic mass is 16.5. The number of carboxylic acid groups (broad SMARTS) is 1. The molecule has 1 aliphatic rings. The van der Waals surface area contributed by atoms with Crippen molar-refractivity contribution in [2.75, 3.05) is 44.7 Å². The second-order valence-corrected chi connectivity index (χ2v) is 4.33. The Kier molecular flexibility index (Phi) is 5.05. The number of morpholine rings is 1. The molecule has 0 atom stereocenters. The van der Waals surface area contributed by atoms with E-state index in [2.05, 4.69) is 20.2 Å². The molecular formula is C12H18N4O3. The van der Waals surface area contributed by atoms with E-state index < -0.39 is 5.97 Å². The monoisotopic (exact) mass is 266 g/mol. The standard InChI is InChI=1S/C12H18N4O3/c17-12(18)10-8-15-11(9-14-10)13-2-1-3-16-4-6-19-7-5-16/h8-9H,1-7H2,(H,13,15)(H,17,18). The van der Waals surface area contributed by atoms with Crippen molar-refractivity contribution in [3.05, 3.63) is 18.1 Å². The molecule has 2 N–H and O–H groups in total. The van der Waals surface area contributed by atoms with Gasteiger partial charge in [-0.3, -0.25) is 4.90 Å². The Bertz CT molecular complexity index is 404. The lowest BCUT2D eigenvalue weighted by Gasteiger charge is -2.26. The summed E-state index contributed by atoms with van der Waals surface area (Å²) >= 11 is 0. The first-order valence-electron chi connectivity index (χ1n) is 6.35. The van der Waals surface area contributed by atoms with Crippen molar-refractivity contribution < 1.29 is 14.6 Å². The van der Waals surface area contributed by atoms with Crippen LogP contribution in [0.1, 0.15) is 16.9 Å². The quantitative estimate of drug-likeness (QED) is 0.716. The number of hydrogen-bond acceptors (Lipinski definition) is 6. The fraction of sp³-hybridized carbons (Fsp3) is 0.583. The number of anilines is 1. The predicted molar refractivity (Wildman–Crippen MR) is 69.4 cm³/mol. The summed E-state index contributed by atoms with van der Waals surface area (Å²) in [5.41, 5.74) is -0.0427. The van der Waals surface area contributed by atoms with Gasteiger partial charge in [-0.2, -0.15) is 0 Å². The summed E-state index contributed by atoms with van der Waals surface area (Å²) in [5, 5.41) is 11.8. The van der Waals surface area contributed by atoms with Crippen LogP contribution in [0.2, 0.25) is 0 Å². The molecule has 0 unspecified atom stereocenters. The second-order valence-electron chi connectivity index (χ2n) is 4.33. The number of nitrogens with zero attached hydrogens (tertiary/aromatic N) is 3. The first-order valence-corrected chi connectivity index (χ1v) is 6.35. The summed E-state index contributed by atoms with van der Waals surface area (Å²) in [6.07, 6.45) is 3.70. The molecule has 0 aromatic carbocycles. The lowest BCUT2D eigenvalue weighted by atomic mass is 10.3. The maximum absolute atomic E-state index is 10.6. The zero-order valence-electron chi connectivity index (χ0n) is 10.7. The molecule has 0 radical (unpaired) electrons. The summed E-state index contributed by atoms with van der Waals surface area (Å²) in [6, 6.07) is 0. The lowest BCUT2D eigenvalue weighted by Crippen LogP contribution is -2.37. The second kappa shape index (κ2) is 7.01. The summed E-state index contributed by atoms with van der Waals surface area (Å²) in [6.45, 7) is 5.43. The van der Waals surface area contributed by atoms with Gasteiger partial charge in [0.25, 0.3) is 0 Å². The van der Waals surface area contributed by atoms with Crippen molar-refractivity contribution in [3.8, 4) is 0 Å². The van der Waals surface area contributed by atoms with E-state index in [9.17, 15) is 4.79 Å². The van der Waals surface area contributed by atoms with Gasteiger partial charge < -0.3 is 15.2 Å². The van der Waals surface area contributed by atoms with Gasteiger partial charge in [0.05, 0.1) is 25.6 Å². The van der Waals surface area contributed by atoms with Crippen LogP contribution in [0.25, 0.3) is 0 Å². The topological polar surface area (TPSA) is 87.6 Å². The van der Waals surface area contributed by atoms with Gasteiger partial charge in [-0.15, -0.1) is 0 Å². The van der Waals surface area contributed by atoms with Gasteiger partial charge in [0, 0.05) is 19.6 Å². The van der Waals surface area contributed by atoms with Crippen LogP contribution >= 0.6 is 0 Å². The number of hydrogen-bond donors (Lipinski definition) is 2. The molecule has 1 fully saturated rings. The van der Waals surface area contributed by atoms with E-state index in [-0.39, 0.29) is 5.69 Å². The summed E-state index contributed by atoms with van der Waals surface area (Å²) in [5.74, 6) is -0.460.